The van der Waals surface area contributed by atoms with Gasteiger partial charge in [-0.2, -0.15) is 0 Å². The van der Waals surface area contributed by atoms with E-state index in [2.05, 4.69) is 22.0 Å². The predicted molar refractivity (Wildman–Crippen MR) is 104 cm³/mol. The van der Waals surface area contributed by atoms with Gasteiger partial charge in [-0.1, -0.05) is 18.2 Å². The number of nitrogens with zero attached hydrogens (tertiary/aromatic N) is 2. The number of benzene rings is 1. The van der Waals surface area contributed by atoms with Crippen LogP contribution in [0.4, 0.5) is 0 Å². The molecule has 2 aromatic rings. The van der Waals surface area contributed by atoms with Gasteiger partial charge in [0.25, 0.3) is 0 Å². The summed E-state index contributed by atoms with van der Waals surface area (Å²) in [4.78, 5) is 7.43. The number of likely N-dealkylation sites (tertiary alicyclic amines) is 1. The van der Waals surface area contributed by atoms with Crippen molar-refractivity contribution >= 4 is 51.4 Å². The van der Waals surface area contributed by atoms with Gasteiger partial charge in [0.1, 0.15) is 6.10 Å². The quantitative estimate of drug-likeness (QED) is 0.445. The van der Waals surface area contributed by atoms with Crippen LogP contribution in [0.15, 0.2) is 35.3 Å². The molecule has 6 heteroatoms. The Kier molecular flexibility index (Phi) is 6.46. The Labute approximate surface area is 152 Å². The van der Waals surface area contributed by atoms with Gasteiger partial charge in [0.15, 0.2) is 5.96 Å². The number of hydrogen-bond acceptors (Lipinski definition) is 3. The Morgan fingerprint density at radius 3 is 2.73 bits per heavy atom. The van der Waals surface area contributed by atoms with E-state index in [0.29, 0.717) is 12.5 Å². The van der Waals surface area contributed by atoms with Crippen molar-refractivity contribution in [3.05, 3.63) is 35.2 Å². The van der Waals surface area contributed by atoms with Crippen LogP contribution in [0.25, 0.3) is 10.1 Å². The molecule has 22 heavy (non-hydrogen) atoms. The molecule has 3 rings (SSSR count). The zero-order valence-corrected chi connectivity index (χ0v) is 15.6. The van der Waals surface area contributed by atoms with Crippen molar-refractivity contribution in [3.63, 3.8) is 0 Å². The standard InChI is InChI=1S/C16H21N3OS.HI/c17-16(19-8-4-1-5-9-19)18-11-13(20)15-10-12-6-2-3-7-14(12)21-15;/h2-3,6-7,10,13,20H,1,4-5,8-9,11H2,(H2,17,18);1H. The summed E-state index contributed by atoms with van der Waals surface area (Å²) in [6.45, 7) is 2.29. The smallest absolute Gasteiger partial charge is 0.191 e. The number of piperidine rings is 1. The van der Waals surface area contributed by atoms with Crippen LogP contribution in [0.5, 0.6) is 0 Å². The van der Waals surface area contributed by atoms with Gasteiger partial charge in [0, 0.05) is 22.7 Å². The van der Waals surface area contributed by atoms with Crippen LogP contribution in [0.2, 0.25) is 0 Å². The van der Waals surface area contributed by atoms with E-state index in [4.69, 9.17) is 5.73 Å². The second-order valence-electron chi connectivity index (χ2n) is 5.45. The molecule has 1 aliphatic heterocycles. The van der Waals surface area contributed by atoms with Gasteiger partial charge >= 0.3 is 0 Å². The number of fused-ring (bicyclic) bond motifs is 1. The van der Waals surface area contributed by atoms with Crippen LogP contribution in [-0.2, 0) is 0 Å². The summed E-state index contributed by atoms with van der Waals surface area (Å²) < 4.78 is 1.19. The minimum absolute atomic E-state index is 0. The molecule has 0 amide bonds. The summed E-state index contributed by atoms with van der Waals surface area (Å²) in [7, 11) is 0. The number of hydrogen-bond donors (Lipinski definition) is 2. The number of aliphatic hydroxyl groups is 1. The molecule has 0 radical (unpaired) electrons. The molecular weight excluding hydrogens is 409 g/mol. The van der Waals surface area contributed by atoms with Crippen LogP contribution in [0, 0.1) is 0 Å². The van der Waals surface area contributed by atoms with Crippen molar-refractivity contribution in [2.45, 2.75) is 25.4 Å². The molecule has 1 aliphatic rings. The maximum atomic E-state index is 10.3. The highest BCUT2D eigenvalue weighted by Gasteiger charge is 2.14. The number of thiophene rings is 1. The molecule has 1 fully saturated rings. The molecule has 2 heterocycles. The molecular formula is C16H22IN3OS. The second kappa shape index (κ2) is 8.12. The molecule has 0 spiro atoms. The molecule has 0 saturated carbocycles. The molecule has 3 N–H and O–H groups in total. The average molecular weight is 431 g/mol. The molecule has 1 aromatic heterocycles. The summed E-state index contributed by atoms with van der Waals surface area (Å²) in [5.41, 5.74) is 6.02. The number of aliphatic hydroxyl groups excluding tert-OH is 1. The van der Waals surface area contributed by atoms with E-state index in [1.54, 1.807) is 11.3 Å². The van der Waals surface area contributed by atoms with Crippen molar-refractivity contribution in [3.8, 4) is 0 Å². The number of rotatable bonds is 3. The highest BCUT2D eigenvalue weighted by atomic mass is 127. The van der Waals surface area contributed by atoms with E-state index in [0.717, 1.165) is 18.0 Å². The lowest BCUT2D eigenvalue weighted by molar-refractivity contribution is 0.190. The summed E-state index contributed by atoms with van der Waals surface area (Å²) in [6, 6.07) is 10.2. The summed E-state index contributed by atoms with van der Waals surface area (Å²) >= 11 is 1.62. The minimum Gasteiger partial charge on any atom is -0.386 e. The zero-order chi connectivity index (χ0) is 14.7. The highest BCUT2D eigenvalue weighted by Crippen LogP contribution is 2.29. The molecule has 1 atom stereocenters. The SMILES string of the molecule is I.NC(=NCC(O)c1cc2ccccc2s1)N1CCCCC1. The van der Waals surface area contributed by atoms with Crippen molar-refractivity contribution in [1.29, 1.82) is 0 Å². The van der Waals surface area contributed by atoms with E-state index in [1.807, 2.05) is 18.2 Å². The first kappa shape index (κ1) is 17.5. The zero-order valence-electron chi connectivity index (χ0n) is 12.4. The van der Waals surface area contributed by atoms with Crippen LogP contribution in [0.1, 0.15) is 30.2 Å². The topological polar surface area (TPSA) is 61.9 Å². The average Bonchev–Trinajstić information content (AvgIpc) is 2.97. The summed E-state index contributed by atoms with van der Waals surface area (Å²) in [5.74, 6) is 0.565. The van der Waals surface area contributed by atoms with Crippen LogP contribution in [0.3, 0.4) is 0 Å². The summed E-state index contributed by atoms with van der Waals surface area (Å²) in [6.07, 6.45) is 3.05. The number of halogens is 1. The Hall–Kier alpha value is -0.860. The monoisotopic (exact) mass is 431 g/mol. The molecule has 0 bridgehead atoms. The molecule has 1 unspecified atom stereocenters. The molecule has 1 aromatic carbocycles. The lowest BCUT2D eigenvalue weighted by atomic mass is 10.1. The fraction of sp³-hybridized carbons (Fsp3) is 0.438. The Morgan fingerprint density at radius 1 is 1.27 bits per heavy atom. The van der Waals surface area contributed by atoms with E-state index >= 15 is 0 Å². The van der Waals surface area contributed by atoms with Gasteiger partial charge in [-0.05, 0) is 36.8 Å². The first-order chi connectivity index (χ1) is 10.2. The van der Waals surface area contributed by atoms with Crippen LogP contribution in [-0.4, -0.2) is 35.6 Å². The third-order valence-electron chi connectivity index (χ3n) is 3.88. The number of nitrogens with two attached hydrogens (primary N) is 1. The van der Waals surface area contributed by atoms with Gasteiger partial charge in [0.05, 0.1) is 6.54 Å². The third kappa shape index (κ3) is 4.11. The normalized spacial score (nSPS) is 17.3. The Morgan fingerprint density at radius 2 is 2.00 bits per heavy atom. The maximum absolute atomic E-state index is 10.3. The van der Waals surface area contributed by atoms with Crippen LogP contribution < -0.4 is 5.73 Å². The largest absolute Gasteiger partial charge is 0.386 e. The van der Waals surface area contributed by atoms with E-state index in [1.165, 1.54) is 29.3 Å². The van der Waals surface area contributed by atoms with Gasteiger partial charge in [-0.25, -0.2) is 0 Å². The first-order valence-electron chi connectivity index (χ1n) is 7.45. The Bertz CT molecular complexity index is 604. The van der Waals surface area contributed by atoms with E-state index in [9.17, 15) is 5.11 Å². The van der Waals surface area contributed by atoms with Gasteiger partial charge in [-0.3, -0.25) is 4.99 Å². The van der Waals surface area contributed by atoms with E-state index in [-0.39, 0.29) is 24.0 Å². The molecule has 1 saturated heterocycles. The van der Waals surface area contributed by atoms with Crippen molar-refractivity contribution in [2.75, 3.05) is 19.6 Å². The highest BCUT2D eigenvalue weighted by molar-refractivity contribution is 14.0. The maximum Gasteiger partial charge on any atom is 0.191 e. The molecule has 4 nitrogen and oxygen atoms in total. The Balaban J connectivity index is 0.00000176. The third-order valence-corrected chi connectivity index (χ3v) is 5.10. The predicted octanol–water partition coefficient (Wildman–Crippen LogP) is 3.35. The van der Waals surface area contributed by atoms with E-state index < -0.39 is 6.10 Å². The summed E-state index contributed by atoms with van der Waals surface area (Å²) in [5, 5.41) is 11.5. The molecule has 120 valence electrons. The van der Waals surface area contributed by atoms with Crippen molar-refractivity contribution < 1.29 is 5.11 Å². The van der Waals surface area contributed by atoms with Gasteiger partial charge < -0.3 is 15.7 Å². The van der Waals surface area contributed by atoms with Crippen molar-refractivity contribution in [2.24, 2.45) is 10.7 Å². The van der Waals surface area contributed by atoms with Crippen LogP contribution >= 0.6 is 35.3 Å². The lowest BCUT2D eigenvalue weighted by Crippen LogP contribution is -2.41. The molecule has 0 aliphatic carbocycles. The minimum atomic E-state index is -0.578. The van der Waals surface area contributed by atoms with Crippen molar-refractivity contribution in [1.82, 2.24) is 4.90 Å². The first-order valence-corrected chi connectivity index (χ1v) is 8.27. The number of guanidine groups is 1. The van der Waals surface area contributed by atoms with Gasteiger partial charge in [-0.15, -0.1) is 35.3 Å². The lowest BCUT2D eigenvalue weighted by Gasteiger charge is -2.27. The number of aliphatic imine (C=N–C) groups is 1. The fourth-order valence-electron chi connectivity index (χ4n) is 2.66. The fourth-order valence-corrected chi connectivity index (χ4v) is 3.70. The van der Waals surface area contributed by atoms with Gasteiger partial charge in [0.2, 0.25) is 0 Å². The second-order valence-corrected chi connectivity index (χ2v) is 6.56.